The van der Waals surface area contributed by atoms with Crippen LogP contribution in [0.3, 0.4) is 0 Å². The smallest absolute Gasteiger partial charge is 0.221 e. The van der Waals surface area contributed by atoms with Gasteiger partial charge in [-0.25, -0.2) is 4.98 Å². The predicted octanol–water partition coefficient (Wildman–Crippen LogP) is 3.13. The molecule has 0 bridgehead atoms. The van der Waals surface area contributed by atoms with E-state index in [2.05, 4.69) is 16.0 Å². The Kier molecular flexibility index (Phi) is 9.29. The standard InChI is InChI=1S/C26H33N5O5S/c1-3-33-20-12-17(11-18-14-29-26(28)30-25(18)27)13-21(34-4-2)24(20)22-6-5-19(37-22)16-36-23-15-31(7-9-32)8-10-35-23/h5-6,9,12-14,23H,3-4,7-8,10-11,15-16H2,1-2H3,(H4,27,28,29,30). The number of thiophene rings is 1. The summed E-state index contributed by atoms with van der Waals surface area (Å²) in [6, 6.07) is 8.10. The summed E-state index contributed by atoms with van der Waals surface area (Å²) in [7, 11) is 0. The van der Waals surface area contributed by atoms with Crippen LogP contribution < -0.4 is 20.9 Å². The van der Waals surface area contributed by atoms with Gasteiger partial charge in [0.05, 0.1) is 45.1 Å². The number of nitrogens with two attached hydrogens (primary N) is 2. The van der Waals surface area contributed by atoms with Crippen LogP contribution in [-0.2, 0) is 27.3 Å². The van der Waals surface area contributed by atoms with Crippen LogP contribution in [0, 0.1) is 0 Å². The maximum absolute atomic E-state index is 10.8. The first-order valence-electron chi connectivity index (χ1n) is 12.3. The molecule has 1 fully saturated rings. The molecule has 1 saturated heterocycles. The lowest BCUT2D eigenvalue weighted by Crippen LogP contribution is -2.44. The van der Waals surface area contributed by atoms with Crippen molar-refractivity contribution in [2.75, 3.05) is 50.9 Å². The highest BCUT2D eigenvalue weighted by atomic mass is 32.1. The molecule has 37 heavy (non-hydrogen) atoms. The number of anilines is 2. The fourth-order valence-electron chi connectivity index (χ4n) is 4.12. The molecule has 1 aromatic carbocycles. The minimum Gasteiger partial charge on any atom is -0.493 e. The van der Waals surface area contributed by atoms with E-state index in [1.807, 2.05) is 36.9 Å². The average Bonchev–Trinajstić information content (AvgIpc) is 3.34. The first-order valence-corrected chi connectivity index (χ1v) is 13.1. The third kappa shape index (κ3) is 6.95. The normalized spacial score (nSPS) is 16.0. The number of nitrogens with zero attached hydrogens (tertiary/aromatic N) is 3. The highest BCUT2D eigenvalue weighted by molar-refractivity contribution is 7.15. The Hall–Kier alpha value is -3.25. The van der Waals surface area contributed by atoms with Crippen LogP contribution in [0.1, 0.15) is 29.9 Å². The van der Waals surface area contributed by atoms with E-state index in [1.165, 1.54) is 0 Å². The molecular formula is C26H33N5O5S. The van der Waals surface area contributed by atoms with E-state index < -0.39 is 0 Å². The number of rotatable bonds is 12. The number of ether oxygens (including phenoxy) is 4. The Balaban J connectivity index is 1.55. The van der Waals surface area contributed by atoms with Gasteiger partial charge >= 0.3 is 0 Å². The molecule has 11 heteroatoms. The summed E-state index contributed by atoms with van der Waals surface area (Å²) in [5.41, 5.74) is 14.3. The number of aromatic nitrogens is 2. The number of carbonyl (C=O) groups is 1. The van der Waals surface area contributed by atoms with Crippen molar-refractivity contribution < 1.29 is 23.7 Å². The summed E-state index contributed by atoms with van der Waals surface area (Å²) in [5, 5.41) is 0. The van der Waals surface area contributed by atoms with E-state index in [1.54, 1.807) is 17.5 Å². The van der Waals surface area contributed by atoms with Gasteiger partial charge in [0.2, 0.25) is 5.95 Å². The van der Waals surface area contributed by atoms with Crippen LogP contribution in [0.4, 0.5) is 11.8 Å². The summed E-state index contributed by atoms with van der Waals surface area (Å²) in [6.07, 6.45) is 2.70. The van der Waals surface area contributed by atoms with E-state index >= 15 is 0 Å². The summed E-state index contributed by atoms with van der Waals surface area (Å²) < 4.78 is 23.8. The number of nitrogen functional groups attached to an aromatic ring is 2. The fraction of sp³-hybridized carbons (Fsp3) is 0.423. The second-order valence-corrected chi connectivity index (χ2v) is 9.62. The van der Waals surface area contributed by atoms with Gasteiger partial charge in [0.25, 0.3) is 0 Å². The zero-order valence-electron chi connectivity index (χ0n) is 21.1. The van der Waals surface area contributed by atoms with Crippen LogP contribution in [-0.4, -0.2) is 66.9 Å². The van der Waals surface area contributed by atoms with Crippen molar-refractivity contribution in [3.8, 4) is 21.9 Å². The molecule has 0 aliphatic carbocycles. The Morgan fingerprint density at radius 1 is 1.19 bits per heavy atom. The van der Waals surface area contributed by atoms with Gasteiger partial charge in [0.15, 0.2) is 6.29 Å². The quantitative estimate of drug-likeness (QED) is 0.338. The number of hydrogen-bond acceptors (Lipinski definition) is 11. The highest BCUT2D eigenvalue weighted by Gasteiger charge is 2.22. The summed E-state index contributed by atoms with van der Waals surface area (Å²) in [5.74, 6) is 1.96. The maximum atomic E-state index is 10.8. The highest BCUT2D eigenvalue weighted by Crippen LogP contribution is 2.43. The molecule has 1 atom stereocenters. The van der Waals surface area contributed by atoms with Gasteiger partial charge in [-0.3, -0.25) is 4.90 Å². The number of aldehydes is 1. The molecule has 3 aromatic rings. The second kappa shape index (κ2) is 12.8. The Morgan fingerprint density at radius 2 is 1.95 bits per heavy atom. The fourth-order valence-corrected chi connectivity index (χ4v) is 5.11. The lowest BCUT2D eigenvalue weighted by Gasteiger charge is -2.31. The topological polar surface area (TPSA) is 135 Å². The zero-order valence-corrected chi connectivity index (χ0v) is 22.0. The number of carbonyl (C=O) groups excluding carboxylic acids is 1. The van der Waals surface area contributed by atoms with Crippen molar-refractivity contribution in [1.29, 1.82) is 0 Å². The molecule has 3 heterocycles. The molecule has 2 aromatic heterocycles. The number of hydrogen-bond donors (Lipinski definition) is 2. The molecule has 198 valence electrons. The zero-order chi connectivity index (χ0) is 26.2. The minimum atomic E-state index is -0.360. The lowest BCUT2D eigenvalue weighted by atomic mass is 10.0. The van der Waals surface area contributed by atoms with Gasteiger partial charge in [-0.15, -0.1) is 11.3 Å². The first-order chi connectivity index (χ1) is 18.0. The third-order valence-corrected chi connectivity index (χ3v) is 6.88. The molecule has 0 saturated carbocycles. The van der Waals surface area contributed by atoms with E-state index in [0.29, 0.717) is 51.8 Å². The molecule has 1 aliphatic heterocycles. The van der Waals surface area contributed by atoms with E-state index in [9.17, 15) is 4.79 Å². The van der Waals surface area contributed by atoms with Gasteiger partial charge < -0.3 is 35.2 Å². The van der Waals surface area contributed by atoms with Crippen LogP contribution >= 0.6 is 11.3 Å². The van der Waals surface area contributed by atoms with Gasteiger partial charge in [-0.1, -0.05) is 0 Å². The summed E-state index contributed by atoms with van der Waals surface area (Å²) in [4.78, 5) is 23.0. The second-order valence-electron chi connectivity index (χ2n) is 8.45. The van der Waals surface area contributed by atoms with Crippen molar-refractivity contribution in [3.05, 3.63) is 46.5 Å². The third-order valence-electron chi connectivity index (χ3n) is 5.81. The van der Waals surface area contributed by atoms with E-state index in [0.717, 1.165) is 50.8 Å². The largest absolute Gasteiger partial charge is 0.493 e. The Bertz CT molecular complexity index is 1180. The van der Waals surface area contributed by atoms with Gasteiger partial charge in [0.1, 0.15) is 23.6 Å². The maximum Gasteiger partial charge on any atom is 0.221 e. The van der Waals surface area contributed by atoms with Gasteiger partial charge in [-0.2, -0.15) is 4.98 Å². The molecule has 1 unspecified atom stereocenters. The van der Waals surface area contributed by atoms with Gasteiger partial charge in [0, 0.05) is 34.5 Å². The van der Waals surface area contributed by atoms with Crippen molar-refractivity contribution in [2.45, 2.75) is 33.2 Å². The van der Waals surface area contributed by atoms with Crippen molar-refractivity contribution in [1.82, 2.24) is 14.9 Å². The van der Waals surface area contributed by atoms with Crippen molar-refractivity contribution in [2.24, 2.45) is 0 Å². The molecule has 4 rings (SSSR count). The number of benzene rings is 1. The van der Waals surface area contributed by atoms with Crippen LogP contribution in [0.25, 0.3) is 10.4 Å². The van der Waals surface area contributed by atoms with Crippen molar-refractivity contribution in [3.63, 3.8) is 0 Å². The molecule has 0 spiro atoms. The van der Waals surface area contributed by atoms with Crippen LogP contribution in [0.2, 0.25) is 0 Å². The van der Waals surface area contributed by atoms with Crippen molar-refractivity contribution >= 4 is 29.4 Å². The molecular weight excluding hydrogens is 494 g/mol. The SMILES string of the molecule is CCOc1cc(Cc2cnc(N)nc2N)cc(OCC)c1-c1ccc(COC2CN(CC=O)CCO2)s1. The van der Waals surface area contributed by atoms with Crippen LogP contribution in [0.5, 0.6) is 11.5 Å². The molecule has 1 aliphatic rings. The summed E-state index contributed by atoms with van der Waals surface area (Å²) in [6.45, 7) is 7.57. The molecule has 0 radical (unpaired) electrons. The minimum absolute atomic E-state index is 0.146. The van der Waals surface area contributed by atoms with E-state index in [-0.39, 0.29) is 12.2 Å². The molecule has 0 amide bonds. The van der Waals surface area contributed by atoms with Crippen LogP contribution in [0.15, 0.2) is 30.5 Å². The summed E-state index contributed by atoms with van der Waals surface area (Å²) >= 11 is 1.62. The monoisotopic (exact) mass is 527 g/mol. The molecule has 10 nitrogen and oxygen atoms in total. The lowest BCUT2D eigenvalue weighted by molar-refractivity contribution is -0.184. The first kappa shape index (κ1) is 26.8. The van der Waals surface area contributed by atoms with Gasteiger partial charge in [-0.05, 0) is 43.7 Å². The predicted molar refractivity (Wildman–Crippen MR) is 143 cm³/mol. The molecule has 4 N–H and O–H groups in total. The Morgan fingerprint density at radius 3 is 2.62 bits per heavy atom. The average molecular weight is 528 g/mol. The Labute approximate surface area is 220 Å². The van der Waals surface area contributed by atoms with E-state index in [4.69, 9.17) is 30.4 Å². The number of morpholine rings is 1.